The molecular weight excluding hydrogens is 329 g/mol. The smallest absolute Gasteiger partial charge is 0.328 e. The first kappa shape index (κ1) is 15.0. The zero-order valence-electron chi connectivity index (χ0n) is 11.1. The van der Waals surface area contributed by atoms with Gasteiger partial charge in [0.05, 0.1) is 12.7 Å². The number of rotatable bonds is 2. The first-order valence-corrected chi connectivity index (χ1v) is 7.17. The van der Waals surface area contributed by atoms with Crippen LogP contribution in [0.1, 0.15) is 29.6 Å². The molecule has 0 unspecified atom stereocenters. The second-order valence-corrected chi connectivity index (χ2v) is 5.57. The summed E-state index contributed by atoms with van der Waals surface area (Å²) < 4.78 is 19.1. The van der Waals surface area contributed by atoms with E-state index < -0.39 is 23.7 Å². The number of likely N-dealkylation sites (tertiary alicyclic amines) is 1. The number of esters is 1. The number of nitrogens with zero attached hydrogens (tertiary/aromatic N) is 1. The summed E-state index contributed by atoms with van der Waals surface area (Å²) in [5.74, 6) is -1.51. The van der Waals surface area contributed by atoms with Gasteiger partial charge in [-0.3, -0.25) is 4.79 Å². The molecule has 0 N–H and O–H groups in total. The van der Waals surface area contributed by atoms with Crippen LogP contribution in [0, 0.1) is 5.82 Å². The van der Waals surface area contributed by atoms with Gasteiger partial charge in [-0.05, 0) is 37.5 Å². The number of carbonyl (C=O) groups is 2. The molecule has 4 nitrogen and oxygen atoms in total. The predicted molar refractivity (Wildman–Crippen MR) is 74.8 cm³/mol. The SMILES string of the molecule is COC(=O)[C@H]1CCCCN1C(=O)c1cc(Br)ccc1F. The summed E-state index contributed by atoms with van der Waals surface area (Å²) in [4.78, 5) is 25.6. The van der Waals surface area contributed by atoms with Crippen LogP contribution in [-0.4, -0.2) is 36.5 Å². The minimum absolute atomic E-state index is 0.0322. The molecule has 1 heterocycles. The van der Waals surface area contributed by atoms with Gasteiger partial charge in [-0.2, -0.15) is 0 Å². The van der Waals surface area contributed by atoms with Gasteiger partial charge in [-0.1, -0.05) is 15.9 Å². The lowest BCUT2D eigenvalue weighted by molar-refractivity contribution is -0.147. The Labute approximate surface area is 125 Å². The average molecular weight is 344 g/mol. The maximum atomic E-state index is 13.8. The van der Waals surface area contributed by atoms with Gasteiger partial charge in [0.1, 0.15) is 11.9 Å². The second-order valence-electron chi connectivity index (χ2n) is 4.66. The van der Waals surface area contributed by atoms with Crippen LogP contribution < -0.4 is 0 Å². The molecule has 1 atom stereocenters. The number of halogens is 2. The standard InChI is InChI=1S/C14H15BrFNO3/c1-20-14(19)12-4-2-3-7-17(12)13(18)10-8-9(15)5-6-11(10)16/h5-6,8,12H,2-4,7H2,1H3/t12-/m1/s1. The first-order chi connectivity index (χ1) is 9.54. The van der Waals surface area contributed by atoms with Crippen molar-refractivity contribution in [1.29, 1.82) is 0 Å². The Bertz CT molecular complexity index is 535. The molecule has 1 aromatic rings. The van der Waals surface area contributed by atoms with Crippen molar-refractivity contribution in [2.75, 3.05) is 13.7 Å². The van der Waals surface area contributed by atoms with Gasteiger partial charge in [-0.25, -0.2) is 9.18 Å². The summed E-state index contributed by atoms with van der Waals surface area (Å²) in [7, 11) is 1.29. The number of methoxy groups -OCH3 is 1. The van der Waals surface area contributed by atoms with Crippen molar-refractivity contribution in [2.24, 2.45) is 0 Å². The van der Waals surface area contributed by atoms with Crippen LogP contribution in [0.3, 0.4) is 0 Å². The predicted octanol–water partition coefficient (Wildman–Crippen LogP) is 2.76. The summed E-state index contributed by atoms with van der Waals surface area (Å²) in [5.41, 5.74) is -0.0322. The fraction of sp³-hybridized carbons (Fsp3) is 0.429. The van der Waals surface area contributed by atoms with E-state index in [-0.39, 0.29) is 5.56 Å². The average Bonchev–Trinajstić information content (AvgIpc) is 2.48. The van der Waals surface area contributed by atoms with E-state index in [1.807, 2.05) is 0 Å². The van der Waals surface area contributed by atoms with Crippen molar-refractivity contribution >= 4 is 27.8 Å². The number of amides is 1. The zero-order valence-corrected chi connectivity index (χ0v) is 12.7. The molecular formula is C14H15BrFNO3. The Kier molecular flexibility index (Phi) is 4.75. The molecule has 0 bridgehead atoms. The van der Waals surface area contributed by atoms with Crippen molar-refractivity contribution < 1.29 is 18.7 Å². The van der Waals surface area contributed by atoms with Crippen molar-refractivity contribution in [3.05, 3.63) is 34.1 Å². The third kappa shape index (κ3) is 3.00. The topological polar surface area (TPSA) is 46.6 Å². The highest BCUT2D eigenvalue weighted by Crippen LogP contribution is 2.23. The van der Waals surface area contributed by atoms with Gasteiger partial charge in [0.15, 0.2) is 0 Å². The Balaban J connectivity index is 2.30. The van der Waals surface area contributed by atoms with Crippen LogP contribution in [-0.2, 0) is 9.53 Å². The summed E-state index contributed by atoms with van der Waals surface area (Å²) in [6.45, 7) is 0.435. The maximum Gasteiger partial charge on any atom is 0.328 e. The van der Waals surface area contributed by atoms with Gasteiger partial charge in [0.25, 0.3) is 5.91 Å². The summed E-state index contributed by atoms with van der Waals surface area (Å²) in [5, 5.41) is 0. The molecule has 1 fully saturated rings. The normalized spacial score (nSPS) is 18.8. The van der Waals surface area contributed by atoms with E-state index >= 15 is 0 Å². The van der Waals surface area contributed by atoms with Crippen molar-refractivity contribution in [3.8, 4) is 0 Å². The molecule has 1 amide bonds. The maximum absolute atomic E-state index is 13.8. The van der Waals surface area contributed by atoms with Crippen LogP contribution in [0.5, 0.6) is 0 Å². The number of hydrogen-bond acceptors (Lipinski definition) is 3. The second kappa shape index (κ2) is 6.35. The highest BCUT2D eigenvalue weighted by atomic mass is 79.9. The quantitative estimate of drug-likeness (QED) is 0.775. The molecule has 0 aromatic heterocycles. The number of ether oxygens (including phenoxy) is 1. The lowest BCUT2D eigenvalue weighted by Crippen LogP contribution is -2.48. The zero-order chi connectivity index (χ0) is 14.7. The van der Waals surface area contributed by atoms with Crippen molar-refractivity contribution in [3.63, 3.8) is 0 Å². The molecule has 0 spiro atoms. The minimum atomic E-state index is -0.625. The molecule has 1 saturated heterocycles. The number of carbonyl (C=O) groups excluding carboxylic acids is 2. The Morgan fingerprint density at radius 1 is 1.40 bits per heavy atom. The van der Waals surface area contributed by atoms with E-state index in [2.05, 4.69) is 15.9 Å². The molecule has 0 aliphatic carbocycles. The summed E-state index contributed by atoms with van der Waals surface area (Å²) in [6.07, 6.45) is 2.20. The Hall–Kier alpha value is -1.43. The Morgan fingerprint density at radius 2 is 2.15 bits per heavy atom. The largest absolute Gasteiger partial charge is 0.467 e. The van der Waals surface area contributed by atoms with Crippen LogP contribution in [0.4, 0.5) is 4.39 Å². The van der Waals surface area contributed by atoms with E-state index in [0.717, 1.165) is 12.8 Å². The molecule has 2 rings (SSSR count). The van der Waals surface area contributed by atoms with Gasteiger partial charge in [-0.15, -0.1) is 0 Å². The summed E-state index contributed by atoms with van der Waals surface area (Å²) >= 11 is 3.22. The molecule has 1 aromatic carbocycles. The van der Waals surface area contributed by atoms with Gasteiger partial charge >= 0.3 is 5.97 Å². The number of piperidine rings is 1. The lowest BCUT2D eigenvalue weighted by Gasteiger charge is -2.33. The van der Waals surface area contributed by atoms with Crippen LogP contribution in [0.15, 0.2) is 22.7 Å². The van der Waals surface area contributed by atoms with Crippen LogP contribution >= 0.6 is 15.9 Å². The van der Waals surface area contributed by atoms with E-state index in [0.29, 0.717) is 17.4 Å². The number of benzene rings is 1. The first-order valence-electron chi connectivity index (χ1n) is 6.38. The van der Waals surface area contributed by atoms with Gasteiger partial charge < -0.3 is 9.64 Å². The van der Waals surface area contributed by atoms with E-state index in [1.54, 1.807) is 0 Å². The minimum Gasteiger partial charge on any atom is -0.467 e. The van der Waals surface area contributed by atoms with Crippen LogP contribution in [0.25, 0.3) is 0 Å². The third-order valence-corrected chi connectivity index (χ3v) is 3.89. The molecule has 0 radical (unpaired) electrons. The fourth-order valence-corrected chi connectivity index (χ4v) is 2.73. The summed E-state index contributed by atoms with van der Waals surface area (Å²) in [6, 6.07) is 3.56. The molecule has 1 aliphatic rings. The number of hydrogen-bond donors (Lipinski definition) is 0. The van der Waals surface area contributed by atoms with Crippen molar-refractivity contribution in [2.45, 2.75) is 25.3 Å². The fourth-order valence-electron chi connectivity index (χ4n) is 2.37. The van der Waals surface area contributed by atoms with Crippen LogP contribution in [0.2, 0.25) is 0 Å². The van der Waals surface area contributed by atoms with Crippen molar-refractivity contribution in [1.82, 2.24) is 4.90 Å². The highest BCUT2D eigenvalue weighted by molar-refractivity contribution is 9.10. The monoisotopic (exact) mass is 343 g/mol. The van der Waals surface area contributed by atoms with E-state index in [9.17, 15) is 14.0 Å². The lowest BCUT2D eigenvalue weighted by atomic mass is 10.0. The van der Waals surface area contributed by atoms with Gasteiger partial charge in [0, 0.05) is 11.0 Å². The molecule has 6 heteroatoms. The third-order valence-electron chi connectivity index (χ3n) is 3.40. The Morgan fingerprint density at radius 3 is 2.85 bits per heavy atom. The van der Waals surface area contributed by atoms with Gasteiger partial charge in [0.2, 0.25) is 0 Å². The molecule has 108 valence electrons. The molecule has 0 saturated carbocycles. The molecule has 1 aliphatic heterocycles. The van der Waals surface area contributed by atoms with E-state index in [4.69, 9.17) is 4.74 Å². The molecule has 20 heavy (non-hydrogen) atoms. The van der Waals surface area contributed by atoms with E-state index in [1.165, 1.54) is 30.2 Å². The highest BCUT2D eigenvalue weighted by Gasteiger charge is 2.34.